The summed E-state index contributed by atoms with van der Waals surface area (Å²) in [6.07, 6.45) is -5.97. The third kappa shape index (κ3) is 4.70. The Balaban J connectivity index is 1.69. The number of imidazole rings is 1. The number of benzene rings is 2. The monoisotopic (exact) mass is 421 g/mol. The number of methoxy groups -OCH3 is 1. The standard InChI is InChI=1S/C20H18F3N3O4/c1-12(18(28)24-13-7-9-14(29-2)10-8-13)30-17(27)11-26-16-6-4-3-5-15(16)25-19(26)20(21,22)23/h3-10,12H,11H2,1-2H3,(H,24,28). The van der Waals surface area contributed by atoms with Crippen LogP contribution >= 0.6 is 0 Å². The number of fused-ring (bicyclic) bond motifs is 1. The molecule has 30 heavy (non-hydrogen) atoms. The van der Waals surface area contributed by atoms with Crippen molar-refractivity contribution in [3.63, 3.8) is 0 Å². The van der Waals surface area contributed by atoms with E-state index in [2.05, 4.69) is 10.3 Å². The van der Waals surface area contributed by atoms with Gasteiger partial charge in [-0.15, -0.1) is 0 Å². The van der Waals surface area contributed by atoms with Crippen molar-refractivity contribution in [2.24, 2.45) is 0 Å². The Labute approximate surface area is 169 Å². The lowest BCUT2D eigenvalue weighted by Gasteiger charge is -2.15. The molecule has 0 radical (unpaired) electrons. The smallest absolute Gasteiger partial charge is 0.449 e. The Morgan fingerprint density at radius 3 is 2.43 bits per heavy atom. The summed E-state index contributed by atoms with van der Waals surface area (Å²) < 4.78 is 50.7. The van der Waals surface area contributed by atoms with Gasteiger partial charge in [-0.1, -0.05) is 12.1 Å². The van der Waals surface area contributed by atoms with Gasteiger partial charge < -0.3 is 19.4 Å². The molecule has 1 N–H and O–H groups in total. The van der Waals surface area contributed by atoms with Crippen LogP contribution < -0.4 is 10.1 Å². The molecule has 10 heteroatoms. The Kier molecular flexibility index (Phi) is 5.95. The molecule has 1 aromatic heterocycles. The number of halogens is 3. The zero-order valence-electron chi connectivity index (χ0n) is 16.1. The lowest BCUT2D eigenvalue weighted by atomic mass is 10.3. The molecule has 1 amide bonds. The number of nitrogens with zero attached hydrogens (tertiary/aromatic N) is 2. The van der Waals surface area contributed by atoms with E-state index in [1.807, 2.05) is 0 Å². The number of esters is 1. The average Bonchev–Trinajstić information content (AvgIpc) is 3.07. The van der Waals surface area contributed by atoms with Crippen LogP contribution in [0.25, 0.3) is 11.0 Å². The lowest BCUT2D eigenvalue weighted by molar-refractivity contribution is -0.156. The number of aromatic nitrogens is 2. The van der Waals surface area contributed by atoms with E-state index in [0.717, 1.165) is 4.57 Å². The molecule has 0 aliphatic rings. The number of carbonyl (C=O) groups is 2. The van der Waals surface area contributed by atoms with Crippen LogP contribution in [-0.4, -0.2) is 34.6 Å². The van der Waals surface area contributed by atoms with Crippen molar-refractivity contribution in [1.29, 1.82) is 0 Å². The van der Waals surface area contributed by atoms with Crippen molar-refractivity contribution >= 4 is 28.6 Å². The van der Waals surface area contributed by atoms with Gasteiger partial charge in [-0.3, -0.25) is 9.59 Å². The second-order valence-electron chi connectivity index (χ2n) is 6.36. The van der Waals surface area contributed by atoms with Crippen LogP contribution in [0.15, 0.2) is 48.5 Å². The van der Waals surface area contributed by atoms with Gasteiger partial charge in [0.1, 0.15) is 12.3 Å². The van der Waals surface area contributed by atoms with Gasteiger partial charge in [-0.2, -0.15) is 13.2 Å². The molecular weight excluding hydrogens is 403 g/mol. The highest BCUT2D eigenvalue weighted by Crippen LogP contribution is 2.31. The lowest BCUT2D eigenvalue weighted by Crippen LogP contribution is -2.31. The summed E-state index contributed by atoms with van der Waals surface area (Å²) in [5.41, 5.74) is 0.684. The van der Waals surface area contributed by atoms with Gasteiger partial charge in [0, 0.05) is 5.69 Å². The highest BCUT2D eigenvalue weighted by Gasteiger charge is 2.38. The van der Waals surface area contributed by atoms with E-state index in [0.29, 0.717) is 11.4 Å². The number of para-hydroxylation sites is 2. The minimum Gasteiger partial charge on any atom is -0.497 e. The second-order valence-corrected chi connectivity index (χ2v) is 6.36. The molecule has 0 bridgehead atoms. The van der Waals surface area contributed by atoms with Gasteiger partial charge in [0.2, 0.25) is 5.82 Å². The molecule has 3 aromatic rings. The van der Waals surface area contributed by atoms with Crippen LogP contribution in [0.3, 0.4) is 0 Å². The minimum atomic E-state index is -4.75. The number of nitrogens with one attached hydrogen (secondary N) is 1. The van der Waals surface area contributed by atoms with E-state index >= 15 is 0 Å². The fourth-order valence-electron chi connectivity index (χ4n) is 2.79. The van der Waals surface area contributed by atoms with Crippen molar-refractivity contribution in [1.82, 2.24) is 9.55 Å². The first-order chi connectivity index (χ1) is 14.2. The van der Waals surface area contributed by atoms with E-state index < -0.39 is 36.5 Å². The summed E-state index contributed by atoms with van der Waals surface area (Å²) in [6.45, 7) is 0.586. The van der Waals surface area contributed by atoms with E-state index in [9.17, 15) is 22.8 Å². The normalized spacial score (nSPS) is 12.4. The Bertz CT molecular complexity index is 1060. The summed E-state index contributed by atoms with van der Waals surface area (Å²) in [5, 5.41) is 2.55. The fourth-order valence-corrected chi connectivity index (χ4v) is 2.79. The van der Waals surface area contributed by atoms with E-state index in [-0.39, 0.29) is 11.0 Å². The third-order valence-electron chi connectivity index (χ3n) is 4.23. The molecule has 3 rings (SSSR count). The number of rotatable bonds is 6. The summed E-state index contributed by atoms with van der Waals surface area (Å²) >= 11 is 0. The van der Waals surface area contributed by atoms with Crippen molar-refractivity contribution in [3.05, 3.63) is 54.4 Å². The predicted molar refractivity (Wildman–Crippen MR) is 102 cm³/mol. The summed E-state index contributed by atoms with van der Waals surface area (Å²) in [5.74, 6) is -2.24. The number of hydrogen-bond acceptors (Lipinski definition) is 5. The largest absolute Gasteiger partial charge is 0.497 e. The van der Waals surface area contributed by atoms with Crippen LogP contribution in [0, 0.1) is 0 Å². The van der Waals surface area contributed by atoms with Crippen LogP contribution in [0.4, 0.5) is 18.9 Å². The Morgan fingerprint density at radius 1 is 1.13 bits per heavy atom. The van der Waals surface area contributed by atoms with E-state index in [4.69, 9.17) is 9.47 Å². The molecule has 0 saturated heterocycles. The SMILES string of the molecule is COc1ccc(NC(=O)C(C)OC(=O)Cn2c(C(F)(F)F)nc3ccccc32)cc1. The quantitative estimate of drug-likeness (QED) is 0.615. The molecule has 0 spiro atoms. The summed E-state index contributed by atoms with van der Waals surface area (Å²) in [7, 11) is 1.50. The number of amides is 1. The van der Waals surface area contributed by atoms with Crippen LogP contribution in [0.5, 0.6) is 5.75 Å². The Morgan fingerprint density at radius 2 is 1.80 bits per heavy atom. The first kappa shape index (κ1) is 21.2. The molecule has 0 aliphatic carbocycles. The highest BCUT2D eigenvalue weighted by atomic mass is 19.4. The maximum atomic E-state index is 13.3. The summed E-state index contributed by atoms with van der Waals surface area (Å²) in [4.78, 5) is 28.0. The molecule has 0 aliphatic heterocycles. The zero-order chi connectivity index (χ0) is 21.9. The molecule has 1 heterocycles. The molecule has 0 fully saturated rings. The van der Waals surface area contributed by atoms with Gasteiger partial charge in [0.15, 0.2) is 6.10 Å². The Hall–Kier alpha value is -3.56. The number of anilines is 1. The minimum absolute atomic E-state index is 0.0999. The van der Waals surface area contributed by atoms with Crippen LogP contribution in [0.1, 0.15) is 12.7 Å². The van der Waals surface area contributed by atoms with Crippen molar-refractivity contribution in [2.45, 2.75) is 25.7 Å². The number of hydrogen-bond donors (Lipinski definition) is 1. The second kappa shape index (κ2) is 8.44. The average molecular weight is 421 g/mol. The maximum Gasteiger partial charge on any atom is 0.449 e. The van der Waals surface area contributed by atoms with Crippen molar-refractivity contribution in [3.8, 4) is 5.75 Å². The van der Waals surface area contributed by atoms with E-state index in [1.165, 1.54) is 32.2 Å². The highest BCUT2D eigenvalue weighted by molar-refractivity contribution is 5.95. The maximum absolute atomic E-state index is 13.3. The first-order valence-electron chi connectivity index (χ1n) is 8.86. The van der Waals surface area contributed by atoms with Crippen molar-refractivity contribution in [2.75, 3.05) is 12.4 Å². The zero-order valence-corrected chi connectivity index (χ0v) is 16.1. The topological polar surface area (TPSA) is 82.5 Å². The fraction of sp³-hybridized carbons (Fsp3) is 0.250. The molecule has 1 unspecified atom stereocenters. The molecule has 158 valence electrons. The predicted octanol–water partition coefficient (Wildman–Crippen LogP) is 3.63. The number of alkyl halides is 3. The molecule has 0 saturated carbocycles. The van der Waals surface area contributed by atoms with Gasteiger partial charge >= 0.3 is 12.1 Å². The van der Waals surface area contributed by atoms with E-state index in [1.54, 1.807) is 30.3 Å². The van der Waals surface area contributed by atoms with Gasteiger partial charge in [0.25, 0.3) is 5.91 Å². The van der Waals surface area contributed by atoms with Gasteiger partial charge in [0.05, 0.1) is 18.1 Å². The van der Waals surface area contributed by atoms with Crippen molar-refractivity contribution < 1.29 is 32.2 Å². The molecule has 7 nitrogen and oxygen atoms in total. The molecule has 2 aromatic carbocycles. The van der Waals surface area contributed by atoms with Crippen LogP contribution in [0.2, 0.25) is 0 Å². The molecular formula is C20H18F3N3O4. The molecule has 1 atom stereocenters. The third-order valence-corrected chi connectivity index (χ3v) is 4.23. The first-order valence-corrected chi connectivity index (χ1v) is 8.86. The number of ether oxygens (including phenoxy) is 2. The summed E-state index contributed by atoms with van der Waals surface area (Å²) in [6, 6.07) is 12.4. The van der Waals surface area contributed by atoms with Gasteiger partial charge in [-0.25, -0.2) is 4.98 Å². The van der Waals surface area contributed by atoms with Gasteiger partial charge in [-0.05, 0) is 43.3 Å². The van der Waals surface area contributed by atoms with Crippen LogP contribution in [-0.2, 0) is 27.0 Å². The number of carbonyl (C=O) groups excluding carboxylic acids is 2.